The lowest BCUT2D eigenvalue weighted by Crippen LogP contribution is -2.07. The van der Waals surface area contributed by atoms with Crippen LogP contribution < -0.4 is 5.32 Å². The van der Waals surface area contributed by atoms with E-state index in [1.807, 2.05) is 0 Å². The lowest BCUT2D eigenvalue weighted by Gasteiger charge is -2.07. The minimum Gasteiger partial charge on any atom is -0.377 e. The fourth-order valence-corrected chi connectivity index (χ4v) is 4.18. The quantitative estimate of drug-likeness (QED) is 0.838. The molecule has 0 amide bonds. The smallest absolute Gasteiger partial charge is 0.210 e. The molecule has 112 valence electrons. The molecule has 3 rings (SSSR count). The minimum atomic E-state index is 0.384. The van der Waals surface area contributed by atoms with Gasteiger partial charge in [-0.25, -0.2) is 0 Å². The maximum atomic E-state index is 5.62. The highest BCUT2D eigenvalue weighted by Crippen LogP contribution is 2.30. The number of anilines is 2. The zero-order valence-electron chi connectivity index (χ0n) is 12.3. The van der Waals surface area contributed by atoms with E-state index in [0.29, 0.717) is 6.10 Å². The minimum absolute atomic E-state index is 0.384. The summed E-state index contributed by atoms with van der Waals surface area (Å²) in [7, 11) is 0. The number of thioether (sulfide) groups is 1. The second-order valence-corrected chi connectivity index (χ2v) is 7.51. The Morgan fingerprint density at radius 1 is 1.38 bits per heavy atom. The Kier molecular flexibility index (Phi) is 4.77. The predicted molar refractivity (Wildman–Crippen MR) is 88.8 cm³/mol. The van der Waals surface area contributed by atoms with Crippen molar-refractivity contribution in [3.8, 4) is 0 Å². The zero-order chi connectivity index (χ0) is 14.7. The summed E-state index contributed by atoms with van der Waals surface area (Å²) in [5, 5.41) is 12.6. The van der Waals surface area contributed by atoms with Crippen molar-refractivity contribution in [3.05, 3.63) is 29.3 Å². The van der Waals surface area contributed by atoms with Gasteiger partial charge in [0.2, 0.25) is 5.13 Å². The second-order valence-electron chi connectivity index (χ2n) is 5.26. The number of nitrogens with one attached hydrogen (secondary N) is 1. The van der Waals surface area contributed by atoms with Crippen molar-refractivity contribution in [1.82, 2.24) is 10.2 Å². The highest BCUT2D eigenvalue weighted by molar-refractivity contribution is 8.01. The van der Waals surface area contributed by atoms with Gasteiger partial charge in [0.1, 0.15) is 0 Å². The summed E-state index contributed by atoms with van der Waals surface area (Å²) in [6, 6.07) is 6.35. The molecular weight excluding hydrogens is 302 g/mol. The van der Waals surface area contributed by atoms with Gasteiger partial charge in [0, 0.05) is 18.0 Å². The Morgan fingerprint density at radius 3 is 3.05 bits per heavy atom. The summed E-state index contributed by atoms with van der Waals surface area (Å²) in [6.07, 6.45) is 2.73. The molecule has 1 aromatic heterocycles. The van der Waals surface area contributed by atoms with E-state index in [9.17, 15) is 0 Å². The van der Waals surface area contributed by atoms with E-state index in [4.69, 9.17) is 4.74 Å². The molecule has 0 unspecified atom stereocenters. The number of aromatic nitrogens is 2. The lowest BCUT2D eigenvalue weighted by molar-refractivity contribution is 0.129. The van der Waals surface area contributed by atoms with Gasteiger partial charge in [0.15, 0.2) is 4.34 Å². The summed E-state index contributed by atoms with van der Waals surface area (Å²) in [5.41, 5.74) is 3.58. The van der Waals surface area contributed by atoms with Gasteiger partial charge in [-0.2, -0.15) is 0 Å². The highest BCUT2D eigenvalue weighted by atomic mass is 32.2. The van der Waals surface area contributed by atoms with Gasteiger partial charge in [0.05, 0.1) is 6.10 Å². The van der Waals surface area contributed by atoms with Crippen molar-refractivity contribution in [2.45, 2.75) is 37.1 Å². The summed E-state index contributed by atoms with van der Waals surface area (Å²) in [4.78, 5) is 0. The molecule has 6 heteroatoms. The van der Waals surface area contributed by atoms with E-state index in [-0.39, 0.29) is 0 Å². The van der Waals surface area contributed by atoms with Crippen LogP contribution in [0.2, 0.25) is 0 Å². The highest BCUT2D eigenvalue weighted by Gasteiger charge is 2.16. The molecule has 1 aliphatic heterocycles. The van der Waals surface area contributed by atoms with E-state index in [1.165, 1.54) is 24.0 Å². The summed E-state index contributed by atoms with van der Waals surface area (Å²) in [6.45, 7) is 5.10. The van der Waals surface area contributed by atoms with Gasteiger partial charge in [-0.15, -0.1) is 10.2 Å². The van der Waals surface area contributed by atoms with Crippen molar-refractivity contribution in [2.75, 3.05) is 17.7 Å². The number of hydrogen-bond acceptors (Lipinski definition) is 6. The van der Waals surface area contributed by atoms with Crippen LogP contribution in [0.25, 0.3) is 0 Å². The van der Waals surface area contributed by atoms with Gasteiger partial charge >= 0.3 is 0 Å². The lowest BCUT2D eigenvalue weighted by atomic mass is 10.1. The molecule has 0 saturated carbocycles. The van der Waals surface area contributed by atoms with Crippen LogP contribution in [0.15, 0.2) is 22.5 Å². The molecule has 1 saturated heterocycles. The molecule has 21 heavy (non-hydrogen) atoms. The van der Waals surface area contributed by atoms with E-state index < -0.39 is 0 Å². The molecule has 1 N–H and O–H groups in total. The Bertz CT molecular complexity index is 609. The molecule has 0 aliphatic carbocycles. The summed E-state index contributed by atoms with van der Waals surface area (Å²) >= 11 is 3.33. The third kappa shape index (κ3) is 3.96. The van der Waals surface area contributed by atoms with Gasteiger partial charge in [-0.05, 0) is 38.3 Å². The molecule has 1 aliphatic rings. The van der Waals surface area contributed by atoms with E-state index in [2.05, 4.69) is 47.6 Å². The zero-order valence-corrected chi connectivity index (χ0v) is 13.9. The van der Waals surface area contributed by atoms with Crippen molar-refractivity contribution < 1.29 is 4.74 Å². The first kappa shape index (κ1) is 14.8. The molecule has 0 spiro atoms. The molecule has 4 nitrogen and oxygen atoms in total. The SMILES string of the molecule is Cc1ccc(Nc2nnc(SC[C@H]3CCCO3)s2)c(C)c1. The van der Waals surface area contributed by atoms with Gasteiger partial charge in [0.25, 0.3) is 0 Å². The molecule has 2 heterocycles. The molecule has 0 bridgehead atoms. The first-order valence-corrected chi connectivity index (χ1v) is 8.93. The Balaban J connectivity index is 1.59. The van der Waals surface area contributed by atoms with E-state index in [0.717, 1.165) is 27.5 Å². The molecule has 0 radical (unpaired) electrons. The third-order valence-electron chi connectivity index (χ3n) is 3.45. The van der Waals surface area contributed by atoms with Crippen LogP contribution in [-0.4, -0.2) is 28.7 Å². The molecular formula is C15H19N3OS2. The topological polar surface area (TPSA) is 47.0 Å². The third-order valence-corrected chi connectivity index (χ3v) is 5.55. The normalized spacial score (nSPS) is 18.1. The van der Waals surface area contributed by atoms with E-state index in [1.54, 1.807) is 23.1 Å². The average Bonchev–Trinajstić information content (AvgIpc) is 3.11. The van der Waals surface area contributed by atoms with E-state index >= 15 is 0 Å². The maximum absolute atomic E-state index is 5.62. The van der Waals surface area contributed by atoms with Crippen LogP contribution >= 0.6 is 23.1 Å². The van der Waals surface area contributed by atoms with Crippen molar-refractivity contribution >= 4 is 33.9 Å². The maximum Gasteiger partial charge on any atom is 0.210 e. The molecule has 1 fully saturated rings. The van der Waals surface area contributed by atoms with Gasteiger partial charge < -0.3 is 10.1 Å². The number of hydrogen-bond donors (Lipinski definition) is 1. The van der Waals surface area contributed by atoms with Crippen molar-refractivity contribution in [3.63, 3.8) is 0 Å². The van der Waals surface area contributed by atoms with Gasteiger partial charge in [-0.1, -0.05) is 40.8 Å². The van der Waals surface area contributed by atoms with Crippen LogP contribution in [0.4, 0.5) is 10.8 Å². The van der Waals surface area contributed by atoms with Crippen LogP contribution in [0.1, 0.15) is 24.0 Å². The Morgan fingerprint density at radius 2 is 2.29 bits per heavy atom. The molecule has 1 atom stereocenters. The van der Waals surface area contributed by atoms with Crippen molar-refractivity contribution in [1.29, 1.82) is 0 Å². The van der Waals surface area contributed by atoms with Crippen LogP contribution in [0, 0.1) is 13.8 Å². The molecule has 2 aromatic rings. The second kappa shape index (κ2) is 6.77. The predicted octanol–water partition coefficient (Wildman–Crippen LogP) is 4.17. The Labute approximate surface area is 133 Å². The average molecular weight is 321 g/mol. The molecule has 1 aromatic carbocycles. The largest absolute Gasteiger partial charge is 0.377 e. The Hall–Kier alpha value is -1.11. The number of benzene rings is 1. The summed E-state index contributed by atoms with van der Waals surface area (Å²) < 4.78 is 6.62. The standard InChI is InChI=1S/C15H19N3OS2/c1-10-5-6-13(11(2)8-10)16-14-17-18-15(21-14)20-9-12-4-3-7-19-12/h5-6,8,12H,3-4,7,9H2,1-2H3,(H,16,17)/t12-/m1/s1. The number of rotatable bonds is 5. The monoisotopic (exact) mass is 321 g/mol. The number of ether oxygens (including phenoxy) is 1. The fourth-order valence-electron chi connectivity index (χ4n) is 2.33. The summed E-state index contributed by atoms with van der Waals surface area (Å²) in [5.74, 6) is 0.970. The van der Waals surface area contributed by atoms with Crippen LogP contribution in [0.3, 0.4) is 0 Å². The fraction of sp³-hybridized carbons (Fsp3) is 0.467. The first-order valence-electron chi connectivity index (χ1n) is 7.13. The number of aryl methyl sites for hydroxylation is 2. The number of nitrogens with zero attached hydrogens (tertiary/aromatic N) is 2. The first-order chi connectivity index (χ1) is 10.2. The van der Waals surface area contributed by atoms with Crippen LogP contribution in [0.5, 0.6) is 0 Å². The van der Waals surface area contributed by atoms with Crippen molar-refractivity contribution in [2.24, 2.45) is 0 Å². The van der Waals surface area contributed by atoms with Gasteiger partial charge in [-0.3, -0.25) is 0 Å². The van der Waals surface area contributed by atoms with Crippen LogP contribution in [-0.2, 0) is 4.74 Å².